The van der Waals surface area contributed by atoms with Crippen molar-refractivity contribution in [1.82, 2.24) is 15.5 Å². The van der Waals surface area contributed by atoms with E-state index >= 15 is 0 Å². The molecule has 2 aliphatic rings. The average molecular weight is 297 g/mol. The fourth-order valence-electron chi connectivity index (χ4n) is 3.44. The van der Waals surface area contributed by atoms with Gasteiger partial charge in [-0.3, -0.25) is 4.79 Å². The number of amides is 2. The summed E-state index contributed by atoms with van der Waals surface area (Å²) in [7, 11) is 2.07. The van der Waals surface area contributed by atoms with E-state index in [2.05, 4.69) is 22.6 Å². The number of carboxylic acid groups (broad SMARTS) is 1. The van der Waals surface area contributed by atoms with Gasteiger partial charge >= 0.3 is 12.0 Å². The van der Waals surface area contributed by atoms with Gasteiger partial charge in [-0.15, -0.1) is 0 Å². The summed E-state index contributed by atoms with van der Waals surface area (Å²) in [5, 5.41) is 15.1. The molecule has 21 heavy (non-hydrogen) atoms. The summed E-state index contributed by atoms with van der Waals surface area (Å²) in [6.07, 6.45) is 6.67. The van der Waals surface area contributed by atoms with E-state index in [-0.39, 0.29) is 12.1 Å². The molecule has 0 bridgehead atoms. The molecule has 0 spiro atoms. The molecule has 6 nitrogen and oxygen atoms in total. The van der Waals surface area contributed by atoms with Crippen LogP contribution in [0.2, 0.25) is 0 Å². The highest BCUT2D eigenvalue weighted by Gasteiger charge is 2.30. The van der Waals surface area contributed by atoms with Gasteiger partial charge < -0.3 is 20.6 Å². The predicted octanol–water partition coefficient (Wildman–Crippen LogP) is 1.41. The van der Waals surface area contributed by atoms with Gasteiger partial charge in [0.2, 0.25) is 0 Å². The fraction of sp³-hybridized carbons (Fsp3) is 0.867. The Kier molecular flexibility index (Phi) is 5.85. The third kappa shape index (κ3) is 4.59. The monoisotopic (exact) mass is 297 g/mol. The minimum absolute atomic E-state index is 0.228. The summed E-state index contributed by atoms with van der Waals surface area (Å²) in [6, 6.07) is -0.0695. The molecule has 3 atom stereocenters. The van der Waals surface area contributed by atoms with Crippen LogP contribution in [0.15, 0.2) is 0 Å². The number of likely N-dealkylation sites (N-methyl/N-ethyl adjacent to an activating group) is 1. The molecular weight excluding hydrogens is 270 g/mol. The second-order valence-corrected chi connectivity index (χ2v) is 6.32. The van der Waals surface area contributed by atoms with Gasteiger partial charge in [-0.2, -0.15) is 0 Å². The normalized spacial score (nSPS) is 30.6. The Morgan fingerprint density at radius 2 is 1.90 bits per heavy atom. The van der Waals surface area contributed by atoms with Gasteiger partial charge in [-0.05, 0) is 39.3 Å². The Hall–Kier alpha value is -1.30. The van der Waals surface area contributed by atoms with E-state index in [4.69, 9.17) is 0 Å². The van der Waals surface area contributed by atoms with Crippen LogP contribution in [0.1, 0.15) is 44.9 Å². The predicted molar refractivity (Wildman–Crippen MR) is 80.2 cm³/mol. The van der Waals surface area contributed by atoms with Gasteiger partial charge in [0.25, 0.3) is 0 Å². The number of hydrogen-bond acceptors (Lipinski definition) is 3. The first kappa shape index (κ1) is 16.1. The highest BCUT2D eigenvalue weighted by molar-refractivity contribution is 5.76. The molecule has 2 rings (SSSR count). The Labute approximate surface area is 126 Å². The van der Waals surface area contributed by atoms with E-state index in [0.717, 1.165) is 38.6 Å². The van der Waals surface area contributed by atoms with E-state index in [0.29, 0.717) is 19.0 Å². The van der Waals surface area contributed by atoms with E-state index in [9.17, 15) is 14.7 Å². The minimum atomic E-state index is -0.794. The number of likely N-dealkylation sites (tertiary alicyclic amines) is 1. The summed E-state index contributed by atoms with van der Waals surface area (Å²) in [6.45, 7) is 1.71. The van der Waals surface area contributed by atoms with Gasteiger partial charge in [0.15, 0.2) is 0 Å². The highest BCUT2D eigenvalue weighted by Crippen LogP contribution is 2.23. The van der Waals surface area contributed by atoms with Crippen LogP contribution < -0.4 is 10.6 Å². The van der Waals surface area contributed by atoms with Gasteiger partial charge in [-0.1, -0.05) is 19.3 Å². The van der Waals surface area contributed by atoms with Gasteiger partial charge in [-0.25, -0.2) is 4.79 Å². The maximum absolute atomic E-state index is 12.0. The van der Waals surface area contributed by atoms with E-state index < -0.39 is 11.9 Å². The molecule has 2 fully saturated rings. The van der Waals surface area contributed by atoms with E-state index in [1.54, 1.807) is 0 Å². The molecule has 1 aliphatic carbocycles. The van der Waals surface area contributed by atoms with Crippen LogP contribution >= 0.6 is 0 Å². The summed E-state index contributed by atoms with van der Waals surface area (Å²) in [4.78, 5) is 25.6. The molecule has 1 aliphatic heterocycles. The summed E-state index contributed by atoms with van der Waals surface area (Å²) in [5.74, 6) is -1.25. The minimum Gasteiger partial charge on any atom is -0.481 e. The van der Waals surface area contributed by atoms with E-state index in [1.807, 2.05) is 0 Å². The zero-order chi connectivity index (χ0) is 15.2. The largest absolute Gasteiger partial charge is 0.481 e. The molecule has 0 aromatic carbocycles. The first-order valence-corrected chi connectivity index (χ1v) is 8.05. The van der Waals surface area contributed by atoms with Crippen molar-refractivity contribution in [2.45, 2.75) is 57.0 Å². The maximum atomic E-state index is 12.0. The average Bonchev–Trinajstić information content (AvgIpc) is 2.70. The van der Waals surface area contributed by atoms with Crippen molar-refractivity contribution in [1.29, 1.82) is 0 Å². The Morgan fingerprint density at radius 3 is 2.57 bits per heavy atom. The number of hydrogen-bond donors (Lipinski definition) is 3. The van der Waals surface area contributed by atoms with Gasteiger partial charge in [0.1, 0.15) is 0 Å². The van der Waals surface area contributed by atoms with Crippen molar-refractivity contribution in [2.75, 3.05) is 20.1 Å². The molecule has 3 unspecified atom stereocenters. The van der Waals surface area contributed by atoms with Crippen LogP contribution in [0.25, 0.3) is 0 Å². The van der Waals surface area contributed by atoms with Crippen molar-refractivity contribution in [2.24, 2.45) is 5.92 Å². The number of carbonyl (C=O) groups excluding carboxylic acids is 1. The molecule has 1 heterocycles. The first-order valence-electron chi connectivity index (χ1n) is 8.05. The molecule has 0 aromatic heterocycles. The number of carboxylic acids is 1. The SMILES string of the molecule is CN1CCCC1CNC(=O)NC1CCCCCC1C(=O)O. The lowest BCUT2D eigenvalue weighted by Crippen LogP contribution is -2.49. The van der Waals surface area contributed by atoms with Crippen LogP contribution in [0, 0.1) is 5.92 Å². The van der Waals surface area contributed by atoms with Crippen LogP contribution in [0.4, 0.5) is 4.79 Å². The Morgan fingerprint density at radius 1 is 1.14 bits per heavy atom. The van der Waals surface area contributed by atoms with Gasteiger partial charge in [0.05, 0.1) is 5.92 Å². The first-order chi connectivity index (χ1) is 10.1. The third-order valence-corrected chi connectivity index (χ3v) is 4.82. The molecule has 3 N–H and O–H groups in total. The lowest BCUT2D eigenvalue weighted by molar-refractivity contribution is -0.142. The number of aliphatic carboxylic acids is 1. The lowest BCUT2D eigenvalue weighted by Gasteiger charge is -2.24. The van der Waals surface area contributed by atoms with Crippen molar-refractivity contribution in [3.63, 3.8) is 0 Å². The molecule has 1 saturated carbocycles. The van der Waals surface area contributed by atoms with Crippen LogP contribution in [-0.4, -0.2) is 54.2 Å². The number of carbonyl (C=O) groups is 2. The second kappa shape index (κ2) is 7.64. The molecule has 2 amide bonds. The van der Waals surface area contributed by atoms with Gasteiger partial charge in [0, 0.05) is 18.6 Å². The van der Waals surface area contributed by atoms with E-state index in [1.165, 1.54) is 6.42 Å². The smallest absolute Gasteiger partial charge is 0.315 e. The Bertz CT molecular complexity index is 375. The van der Waals surface area contributed by atoms with Crippen LogP contribution in [0.5, 0.6) is 0 Å². The third-order valence-electron chi connectivity index (χ3n) is 4.82. The molecule has 6 heteroatoms. The van der Waals surface area contributed by atoms with Crippen molar-refractivity contribution >= 4 is 12.0 Å². The summed E-state index contributed by atoms with van der Waals surface area (Å²) in [5.41, 5.74) is 0. The topological polar surface area (TPSA) is 81.7 Å². The molecule has 0 radical (unpaired) electrons. The number of urea groups is 1. The number of rotatable bonds is 4. The van der Waals surface area contributed by atoms with Crippen LogP contribution in [-0.2, 0) is 4.79 Å². The highest BCUT2D eigenvalue weighted by atomic mass is 16.4. The van der Waals surface area contributed by atoms with Crippen LogP contribution in [0.3, 0.4) is 0 Å². The number of nitrogens with one attached hydrogen (secondary N) is 2. The number of nitrogens with zero attached hydrogens (tertiary/aromatic N) is 1. The fourth-order valence-corrected chi connectivity index (χ4v) is 3.44. The quantitative estimate of drug-likeness (QED) is 0.685. The summed E-state index contributed by atoms with van der Waals surface area (Å²) < 4.78 is 0. The standard InChI is InChI=1S/C15H27N3O3/c1-18-9-5-6-11(18)10-16-15(21)17-13-8-4-2-3-7-12(13)14(19)20/h11-13H,2-10H2,1H3,(H,19,20)(H2,16,17,21). The molecule has 120 valence electrons. The molecule has 1 saturated heterocycles. The van der Waals surface area contributed by atoms with Crippen molar-refractivity contribution < 1.29 is 14.7 Å². The lowest BCUT2D eigenvalue weighted by atomic mass is 9.95. The van der Waals surface area contributed by atoms with Crippen molar-refractivity contribution in [3.05, 3.63) is 0 Å². The zero-order valence-electron chi connectivity index (χ0n) is 12.8. The summed E-state index contributed by atoms with van der Waals surface area (Å²) >= 11 is 0. The Balaban J connectivity index is 1.80. The zero-order valence-corrected chi connectivity index (χ0v) is 12.8. The maximum Gasteiger partial charge on any atom is 0.315 e. The second-order valence-electron chi connectivity index (χ2n) is 6.32. The van der Waals surface area contributed by atoms with Crippen molar-refractivity contribution in [3.8, 4) is 0 Å². The molecule has 0 aromatic rings. The molecular formula is C15H27N3O3.